The Morgan fingerprint density at radius 1 is 1.16 bits per heavy atom. The molecule has 0 aliphatic heterocycles. The highest BCUT2D eigenvalue weighted by atomic mass is 35.5. The number of imidazole rings is 1. The standard InChI is InChI=1S/C11H7ClFN5.C6H13N/c12-6-1-2-18-8(5-15-9(18)3-6)10-7(13)4-16-11(14)17-10;7-6-4-2-1-3-5-6/h1-5H,(H2,14,16,17);6H,1-5,7H2. The molecule has 3 aromatic heterocycles. The third-order valence-corrected chi connectivity index (χ3v) is 4.37. The first-order chi connectivity index (χ1) is 12.0. The Morgan fingerprint density at radius 3 is 2.60 bits per heavy atom. The van der Waals surface area contributed by atoms with E-state index in [1.807, 2.05) is 0 Å². The van der Waals surface area contributed by atoms with E-state index in [1.54, 1.807) is 22.7 Å². The van der Waals surface area contributed by atoms with Crippen LogP contribution in [0.2, 0.25) is 5.02 Å². The summed E-state index contributed by atoms with van der Waals surface area (Å²) in [7, 11) is 0. The Labute approximate surface area is 150 Å². The summed E-state index contributed by atoms with van der Waals surface area (Å²) in [5.41, 5.74) is 12.3. The highest BCUT2D eigenvalue weighted by molar-refractivity contribution is 6.30. The number of aromatic nitrogens is 4. The molecule has 132 valence electrons. The van der Waals surface area contributed by atoms with E-state index >= 15 is 0 Å². The fraction of sp³-hybridized carbons (Fsp3) is 0.353. The number of hydrogen-bond acceptors (Lipinski definition) is 5. The van der Waals surface area contributed by atoms with E-state index in [0.29, 0.717) is 22.4 Å². The highest BCUT2D eigenvalue weighted by Crippen LogP contribution is 2.23. The molecule has 0 radical (unpaired) electrons. The monoisotopic (exact) mass is 362 g/mol. The van der Waals surface area contributed by atoms with Crippen LogP contribution in [0.15, 0.2) is 30.7 Å². The van der Waals surface area contributed by atoms with Gasteiger partial charge in [0.1, 0.15) is 11.3 Å². The van der Waals surface area contributed by atoms with Gasteiger partial charge in [-0.25, -0.2) is 19.3 Å². The van der Waals surface area contributed by atoms with Gasteiger partial charge in [-0.3, -0.25) is 4.40 Å². The minimum absolute atomic E-state index is 0.00955. The van der Waals surface area contributed by atoms with Crippen molar-refractivity contribution in [3.8, 4) is 11.4 Å². The molecule has 1 aliphatic carbocycles. The molecule has 1 aliphatic rings. The quantitative estimate of drug-likeness (QED) is 0.691. The number of fused-ring (bicyclic) bond motifs is 1. The molecule has 25 heavy (non-hydrogen) atoms. The van der Waals surface area contributed by atoms with Crippen LogP contribution in [0.4, 0.5) is 10.3 Å². The number of halogens is 2. The first-order valence-corrected chi connectivity index (χ1v) is 8.59. The van der Waals surface area contributed by atoms with E-state index in [1.165, 1.54) is 38.3 Å². The summed E-state index contributed by atoms with van der Waals surface area (Å²) >= 11 is 5.86. The van der Waals surface area contributed by atoms with Crippen LogP contribution < -0.4 is 11.5 Å². The molecule has 1 fully saturated rings. The zero-order valence-electron chi connectivity index (χ0n) is 13.7. The van der Waals surface area contributed by atoms with Gasteiger partial charge in [0.05, 0.1) is 18.1 Å². The molecule has 4 N–H and O–H groups in total. The minimum Gasteiger partial charge on any atom is -0.368 e. The Balaban J connectivity index is 0.000000219. The molecule has 4 rings (SSSR count). The molecule has 1 saturated carbocycles. The highest BCUT2D eigenvalue weighted by Gasteiger charge is 2.13. The van der Waals surface area contributed by atoms with Crippen LogP contribution in [0.25, 0.3) is 17.0 Å². The largest absolute Gasteiger partial charge is 0.368 e. The lowest BCUT2D eigenvalue weighted by Crippen LogP contribution is -2.22. The molecule has 0 amide bonds. The number of nitrogens with zero attached hydrogens (tertiary/aromatic N) is 4. The van der Waals surface area contributed by atoms with Gasteiger partial charge >= 0.3 is 0 Å². The number of hydrogen-bond donors (Lipinski definition) is 2. The van der Waals surface area contributed by atoms with E-state index in [9.17, 15) is 4.39 Å². The fourth-order valence-corrected chi connectivity index (χ4v) is 2.98. The Morgan fingerprint density at radius 2 is 1.92 bits per heavy atom. The van der Waals surface area contributed by atoms with Crippen molar-refractivity contribution in [2.75, 3.05) is 5.73 Å². The van der Waals surface area contributed by atoms with Crippen molar-refractivity contribution >= 4 is 23.2 Å². The summed E-state index contributed by atoms with van der Waals surface area (Å²) in [6, 6.07) is 3.89. The van der Waals surface area contributed by atoms with Crippen molar-refractivity contribution < 1.29 is 4.39 Å². The van der Waals surface area contributed by atoms with Crippen LogP contribution in [-0.2, 0) is 0 Å². The maximum absolute atomic E-state index is 13.7. The maximum atomic E-state index is 13.7. The summed E-state index contributed by atoms with van der Waals surface area (Å²) < 4.78 is 15.4. The first-order valence-electron chi connectivity index (χ1n) is 8.21. The molecule has 0 saturated heterocycles. The maximum Gasteiger partial charge on any atom is 0.220 e. The normalized spacial score (nSPS) is 15.0. The lowest BCUT2D eigenvalue weighted by molar-refractivity contribution is 0.441. The van der Waals surface area contributed by atoms with Gasteiger partial charge in [-0.1, -0.05) is 30.9 Å². The second kappa shape index (κ2) is 7.76. The molecule has 0 unspecified atom stereocenters. The van der Waals surface area contributed by atoms with Crippen LogP contribution in [0, 0.1) is 5.82 Å². The van der Waals surface area contributed by atoms with Crippen LogP contribution in [-0.4, -0.2) is 25.4 Å². The zero-order chi connectivity index (χ0) is 17.8. The first kappa shape index (κ1) is 17.6. The number of nitrogens with two attached hydrogens (primary N) is 2. The molecule has 3 heterocycles. The second-order valence-electron chi connectivity index (χ2n) is 6.04. The minimum atomic E-state index is -0.555. The molecule has 0 aromatic carbocycles. The van der Waals surface area contributed by atoms with Crippen LogP contribution in [0.5, 0.6) is 0 Å². The molecule has 3 aromatic rings. The predicted molar refractivity (Wildman–Crippen MR) is 96.7 cm³/mol. The van der Waals surface area contributed by atoms with E-state index in [0.717, 1.165) is 6.20 Å². The molecular formula is C17H20ClFN6. The van der Waals surface area contributed by atoms with Gasteiger partial charge in [0, 0.05) is 23.3 Å². The van der Waals surface area contributed by atoms with Crippen LogP contribution in [0.1, 0.15) is 32.1 Å². The predicted octanol–water partition coefficient (Wildman–Crippen LogP) is 3.44. The van der Waals surface area contributed by atoms with E-state index in [-0.39, 0.29) is 11.6 Å². The topological polar surface area (TPSA) is 95.1 Å². The van der Waals surface area contributed by atoms with Crippen molar-refractivity contribution in [1.82, 2.24) is 19.4 Å². The number of anilines is 1. The fourth-order valence-electron chi connectivity index (χ4n) is 2.83. The average Bonchev–Trinajstić information content (AvgIpc) is 3.01. The number of nitrogen functional groups attached to an aromatic ring is 1. The molecule has 6 nitrogen and oxygen atoms in total. The van der Waals surface area contributed by atoms with Gasteiger partial charge in [-0.2, -0.15) is 0 Å². The third-order valence-electron chi connectivity index (χ3n) is 4.13. The van der Waals surface area contributed by atoms with Crippen LogP contribution >= 0.6 is 11.6 Å². The molecule has 0 bridgehead atoms. The Bertz CT molecular complexity index is 859. The van der Waals surface area contributed by atoms with E-state index < -0.39 is 5.82 Å². The van der Waals surface area contributed by atoms with Crippen molar-refractivity contribution in [2.24, 2.45) is 5.73 Å². The van der Waals surface area contributed by atoms with Gasteiger partial charge in [0.25, 0.3) is 0 Å². The Kier molecular flexibility index (Phi) is 5.45. The Hall–Kier alpha value is -2.25. The van der Waals surface area contributed by atoms with E-state index in [4.69, 9.17) is 23.1 Å². The van der Waals surface area contributed by atoms with Gasteiger partial charge in [0.15, 0.2) is 5.82 Å². The van der Waals surface area contributed by atoms with Gasteiger partial charge in [-0.15, -0.1) is 0 Å². The van der Waals surface area contributed by atoms with Crippen LogP contribution in [0.3, 0.4) is 0 Å². The lowest BCUT2D eigenvalue weighted by Gasteiger charge is -2.15. The average molecular weight is 363 g/mol. The molecule has 8 heteroatoms. The summed E-state index contributed by atoms with van der Waals surface area (Å²) in [4.78, 5) is 11.6. The van der Waals surface area contributed by atoms with Crippen molar-refractivity contribution in [3.63, 3.8) is 0 Å². The van der Waals surface area contributed by atoms with Gasteiger partial charge < -0.3 is 11.5 Å². The van der Waals surface area contributed by atoms with Gasteiger partial charge in [0.2, 0.25) is 5.95 Å². The molecular weight excluding hydrogens is 343 g/mol. The second-order valence-corrected chi connectivity index (χ2v) is 6.48. The summed E-state index contributed by atoms with van der Waals surface area (Å²) in [5.74, 6) is -0.545. The van der Waals surface area contributed by atoms with Crippen molar-refractivity contribution in [2.45, 2.75) is 38.1 Å². The summed E-state index contributed by atoms with van der Waals surface area (Å²) in [6.45, 7) is 0. The number of rotatable bonds is 1. The van der Waals surface area contributed by atoms with Crippen molar-refractivity contribution in [3.05, 3.63) is 41.6 Å². The van der Waals surface area contributed by atoms with E-state index in [2.05, 4.69) is 15.0 Å². The number of pyridine rings is 1. The smallest absolute Gasteiger partial charge is 0.220 e. The lowest BCUT2D eigenvalue weighted by atomic mass is 9.97. The SMILES string of the molecule is NC1CCCCC1.Nc1ncc(F)c(-c2cnc3cc(Cl)ccn23)n1. The molecule has 0 atom stereocenters. The zero-order valence-corrected chi connectivity index (χ0v) is 14.5. The summed E-state index contributed by atoms with van der Waals surface area (Å²) in [6.07, 6.45) is 10.9. The van der Waals surface area contributed by atoms with Gasteiger partial charge in [-0.05, 0) is 18.9 Å². The molecule has 0 spiro atoms. The van der Waals surface area contributed by atoms with Crippen molar-refractivity contribution in [1.29, 1.82) is 0 Å². The third kappa shape index (κ3) is 4.24. The summed E-state index contributed by atoms with van der Waals surface area (Å²) in [5, 5.41) is 0.558.